The Bertz CT molecular complexity index is 1200. The number of carbonyl (C=O) groups is 4. The first kappa shape index (κ1) is 32.2. The summed E-state index contributed by atoms with van der Waals surface area (Å²) in [5.74, 6) is -1.35. The molecule has 0 spiro atoms. The molecule has 1 aromatic carbocycles. The molecule has 3 N–H and O–H groups in total. The summed E-state index contributed by atoms with van der Waals surface area (Å²) in [5.41, 5.74) is 0.754. The molecular weight excluding hydrogens is 546 g/mol. The van der Waals surface area contributed by atoms with Crippen LogP contribution in [0.4, 0.5) is 10.6 Å². The van der Waals surface area contributed by atoms with Crippen molar-refractivity contribution < 1.29 is 33.9 Å². The molecule has 0 bridgehead atoms. The maximum atomic E-state index is 13.4. The highest BCUT2D eigenvalue weighted by Gasteiger charge is 2.31. The van der Waals surface area contributed by atoms with Gasteiger partial charge in [0, 0.05) is 37.7 Å². The highest BCUT2D eigenvalue weighted by atomic mass is 16.8. The lowest BCUT2D eigenvalue weighted by Crippen LogP contribution is -2.55. The average molecular weight is 586 g/mol. The molecule has 0 aliphatic carbocycles. The molecule has 2 heterocycles. The number of carbonyl (C=O) groups excluding carboxylic acids is 3. The lowest BCUT2D eigenvalue weighted by atomic mass is 10.1. The van der Waals surface area contributed by atoms with E-state index in [1.165, 1.54) is 16.0 Å². The van der Waals surface area contributed by atoms with Crippen LogP contribution in [0.3, 0.4) is 0 Å². The third kappa shape index (κ3) is 10.3. The minimum Gasteiger partial charge on any atom is -0.481 e. The minimum atomic E-state index is -1.10. The van der Waals surface area contributed by atoms with E-state index < -0.39 is 30.0 Å². The number of ether oxygens (including phenoxy) is 1. The van der Waals surface area contributed by atoms with Crippen LogP contribution >= 0.6 is 0 Å². The van der Waals surface area contributed by atoms with E-state index in [1.54, 1.807) is 6.92 Å². The summed E-state index contributed by atoms with van der Waals surface area (Å²) in [6.07, 6.45) is -0.398. The summed E-state index contributed by atoms with van der Waals surface area (Å²) in [5, 5.41) is 16.6. The monoisotopic (exact) mass is 585 g/mol. The normalized spacial score (nSPS) is 14.2. The van der Waals surface area contributed by atoms with E-state index in [1.807, 2.05) is 44.4 Å². The first-order valence-corrected chi connectivity index (χ1v) is 13.9. The molecule has 0 saturated carbocycles. The lowest BCUT2D eigenvalue weighted by molar-refractivity contribution is -0.157. The average Bonchev–Trinajstić information content (AvgIpc) is 2.97. The summed E-state index contributed by atoms with van der Waals surface area (Å²) < 4.78 is 4.78. The minimum absolute atomic E-state index is 0.0414. The smallest absolute Gasteiger partial charge is 0.481 e. The van der Waals surface area contributed by atoms with E-state index in [0.717, 1.165) is 13.0 Å². The van der Waals surface area contributed by atoms with Gasteiger partial charge in [-0.05, 0) is 40.4 Å². The molecule has 3 rings (SSSR count). The second-order valence-electron chi connectivity index (χ2n) is 9.90. The van der Waals surface area contributed by atoms with Crippen molar-refractivity contribution in [3.63, 3.8) is 0 Å². The Hall–Kier alpha value is -4.30. The molecule has 2 amide bonds. The summed E-state index contributed by atoms with van der Waals surface area (Å²) >= 11 is 0. The van der Waals surface area contributed by atoms with Gasteiger partial charge in [0.25, 0.3) is 5.91 Å². The number of aliphatic carboxylic acids is 1. The fourth-order valence-corrected chi connectivity index (χ4v) is 4.21. The molecular formula is C28H39N7O7. The standard InChI is InChI=1S/C28H39N7O7/c1-4-41-28(40)42-35-17-15-34(16-18-35)27(39)21(11-12-24(36)37)31-26(38)22-19-23(29-13-8-14-33(2)3)32-25(30-22)20-9-6-5-7-10-20/h5-7,9-10,19,21H,4,8,11-18H2,1-3H3,(H,31,38)(H,36,37)(H,29,30,32)/t21-/m0/s1. The molecule has 0 unspecified atom stereocenters. The number of hydrogen-bond acceptors (Lipinski definition) is 11. The van der Waals surface area contributed by atoms with Gasteiger partial charge in [-0.2, -0.15) is 0 Å². The Balaban J connectivity index is 1.75. The molecule has 1 saturated heterocycles. The lowest BCUT2D eigenvalue weighted by Gasteiger charge is -2.35. The molecule has 14 heteroatoms. The fourth-order valence-electron chi connectivity index (χ4n) is 4.21. The van der Waals surface area contributed by atoms with E-state index in [-0.39, 0.29) is 51.3 Å². The van der Waals surface area contributed by atoms with Gasteiger partial charge < -0.3 is 35.1 Å². The van der Waals surface area contributed by atoms with E-state index >= 15 is 0 Å². The van der Waals surface area contributed by atoms with Gasteiger partial charge in [0.15, 0.2) is 5.82 Å². The van der Waals surface area contributed by atoms with Crippen molar-refractivity contribution in [2.24, 2.45) is 0 Å². The van der Waals surface area contributed by atoms with Gasteiger partial charge in [-0.3, -0.25) is 14.4 Å². The summed E-state index contributed by atoms with van der Waals surface area (Å²) in [4.78, 5) is 67.5. The summed E-state index contributed by atoms with van der Waals surface area (Å²) in [6, 6.07) is 9.62. The van der Waals surface area contributed by atoms with Crippen molar-refractivity contribution in [2.75, 3.05) is 65.3 Å². The molecule has 0 radical (unpaired) electrons. The van der Waals surface area contributed by atoms with Crippen molar-refractivity contribution in [2.45, 2.75) is 32.2 Å². The van der Waals surface area contributed by atoms with Gasteiger partial charge in [0.2, 0.25) is 5.91 Å². The molecule has 2 aromatic rings. The van der Waals surface area contributed by atoms with Crippen molar-refractivity contribution in [1.82, 2.24) is 30.1 Å². The van der Waals surface area contributed by atoms with E-state index in [0.29, 0.717) is 23.8 Å². The highest BCUT2D eigenvalue weighted by Crippen LogP contribution is 2.18. The number of amides is 2. The number of piperazine rings is 1. The number of benzene rings is 1. The zero-order valence-corrected chi connectivity index (χ0v) is 24.2. The Morgan fingerprint density at radius 3 is 2.43 bits per heavy atom. The SMILES string of the molecule is CCOC(=O)ON1CCN(C(=O)[C@H](CCC(=O)O)NC(=O)c2cc(NCCCN(C)C)nc(-c3ccccc3)n2)CC1. The number of nitrogens with one attached hydrogen (secondary N) is 2. The van der Waals surface area contributed by atoms with Crippen LogP contribution in [0.1, 0.15) is 36.7 Å². The van der Waals surface area contributed by atoms with Crippen LogP contribution in [0.5, 0.6) is 0 Å². The molecule has 1 aromatic heterocycles. The van der Waals surface area contributed by atoms with Gasteiger partial charge in [0.1, 0.15) is 17.6 Å². The molecule has 1 aliphatic rings. The highest BCUT2D eigenvalue weighted by molar-refractivity contribution is 5.97. The second-order valence-corrected chi connectivity index (χ2v) is 9.90. The number of anilines is 1. The van der Waals surface area contributed by atoms with Crippen molar-refractivity contribution in [3.05, 3.63) is 42.1 Å². The van der Waals surface area contributed by atoms with E-state index in [4.69, 9.17) is 9.57 Å². The zero-order chi connectivity index (χ0) is 30.5. The first-order valence-electron chi connectivity index (χ1n) is 13.9. The molecule has 228 valence electrons. The zero-order valence-electron chi connectivity index (χ0n) is 24.2. The quantitative estimate of drug-likeness (QED) is 0.217. The fraction of sp³-hybridized carbons (Fsp3) is 0.500. The van der Waals surface area contributed by atoms with Crippen LogP contribution < -0.4 is 10.6 Å². The van der Waals surface area contributed by atoms with Gasteiger partial charge in [-0.15, -0.1) is 5.06 Å². The van der Waals surface area contributed by atoms with Crippen LogP contribution in [0.25, 0.3) is 11.4 Å². The summed E-state index contributed by atoms with van der Waals surface area (Å²) in [6.45, 7) is 4.23. The van der Waals surface area contributed by atoms with Gasteiger partial charge >= 0.3 is 12.1 Å². The topological polar surface area (TPSA) is 167 Å². The number of nitrogens with zero attached hydrogens (tertiary/aromatic N) is 5. The Labute approximate surface area is 244 Å². The predicted molar refractivity (Wildman–Crippen MR) is 154 cm³/mol. The molecule has 42 heavy (non-hydrogen) atoms. The first-order chi connectivity index (χ1) is 20.2. The number of rotatable bonds is 14. The van der Waals surface area contributed by atoms with Crippen LogP contribution in [0.2, 0.25) is 0 Å². The number of aromatic nitrogens is 2. The molecule has 1 fully saturated rings. The van der Waals surface area contributed by atoms with E-state index in [2.05, 4.69) is 25.5 Å². The third-order valence-electron chi connectivity index (χ3n) is 6.35. The maximum absolute atomic E-state index is 13.4. The van der Waals surface area contributed by atoms with Gasteiger partial charge in [0.05, 0.1) is 19.7 Å². The second kappa shape index (κ2) is 16.2. The van der Waals surface area contributed by atoms with Crippen LogP contribution in [0, 0.1) is 0 Å². The molecule has 14 nitrogen and oxygen atoms in total. The van der Waals surface area contributed by atoms with Crippen LogP contribution in [0.15, 0.2) is 36.4 Å². The van der Waals surface area contributed by atoms with Crippen molar-refractivity contribution in [3.8, 4) is 11.4 Å². The number of carboxylic acid groups (broad SMARTS) is 1. The predicted octanol–water partition coefficient (Wildman–Crippen LogP) is 1.70. The van der Waals surface area contributed by atoms with E-state index in [9.17, 15) is 24.3 Å². The Morgan fingerprint density at radius 1 is 1.07 bits per heavy atom. The number of hydrogen-bond donors (Lipinski definition) is 3. The van der Waals surface area contributed by atoms with Crippen LogP contribution in [-0.2, 0) is 19.2 Å². The Kier molecular flexibility index (Phi) is 12.4. The van der Waals surface area contributed by atoms with Gasteiger partial charge in [-0.25, -0.2) is 14.8 Å². The number of carboxylic acids is 1. The number of hydroxylamine groups is 2. The third-order valence-corrected chi connectivity index (χ3v) is 6.35. The molecule has 1 atom stereocenters. The van der Waals surface area contributed by atoms with Crippen LogP contribution in [-0.4, -0.2) is 120 Å². The van der Waals surface area contributed by atoms with Crippen molar-refractivity contribution in [1.29, 1.82) is 0 Å². The molecule has 1 aliphatic heterocycles. The maximum Gasteiger partial charge on any atom is 0.527 e. The van der Waals surface area contributed by atoms with Gasteiger partial charge in [-0.1, -0.05) is 30.3 Å². The Morgan fingerprint density at radius 2 is 1.79 bits per heavy atom. The largest absolute Gasteiger partial charge is 0.527 e. The van der Waals surface area contributed by atoms with Crippen molar-refractivity contribution >= 4 is 29.8 Å². The summed E-state index contributed by atoms with van der Waals surface area (Å²) in [7, 11) is 3.97.